The topological polar surface area (TPSA) is 18.5 Å². The Hall–Kier alpha value is -2.45. The molecular formula is C27H27ClO2. The van der Waals surface area contributed by atoms with Crippen LogP contribution in [0.2, 0.25) is 5.02 Å². The van der Waals surface area contributed by atoms with E-state index in [1.807, 2.05) is 12.1 Å². The second-order valence-corrected chi connectivity index (χ2v) is 8.97. The van der Waals surface area contributed by atoms with Crippen LogP contribution in [0.1, 0.15) is 47.8 Å². The monoisotopic (exact) mass is 418 g/mol. The number of hydrogen-bond donors (Lipinski definition) is 0. The number of ether oxygens (including phenoxy) is 2. The molecule has 154 valence electrons. The van der Waals surface area contributed by atoms with Crippen molar-refractivity contribution in [2.75, 3.05) is 14.2 Å². The van der Waals surface area contributed by atoms with Gasteiger partial charge in [0.05, 0.1) is 14.2 Å². The third kappa shape index (κ3) is 3.37. The Bertz CT molecular complexity index is 1040. The fourth-order valence-electron chi connectivity index (χ4n) is 5.67. The van der Waals surface area contributed by atoms with Gasteiger partial charge in [-0.2, -0.15) is 0 Å². The highest BCUT2D eigenvalue weighted by Crippen LogP contribution is 2.55. The van der Waals surface area contributed by atoms with E-state index in [2.05, 4.69) is 48.5 Å². The van der Waals surface area contributed by atoms with Crippen LogP contribution in [0.15, 0.2) is 60.7 Å². The van der Waals surface area contributed by atoms with Crippen molar-refractivity contribution in [2.45, 2.75) is 37.5 Å². The van der Waals surface area contributed by atoms with E-state index in [4.69, 9.17) is 21.1 Å². The summed E-state index contributed by atoms with van der Waals surface area (Å²) >= 11 is 6.17. The molecule has 0 N–H and O–H groups in total. The summed E-state index contributed by atoms with van der Waals surface area (Å²) in [6.45, 7) is 0. The van der Waals surface area contributed by atoms with E-state index < -0.39 is 0 Å². The van der Waals surface area contributed by atoms with E-state index in [0.29, 0.717) is 17.8 Å². The van der Waals surface area contributed by atoms with Crippen molar-refractivity contribution in [1.29, 1.82) is 0 Å². The molecule has 0 saturated heterocycles. The van der Waals surface area contributed by atoms with Crippen LogP contribution in [-0.4, -0.2) is 14.2 Å². The minimum absolute atomic E-state index is 0.537. The molecule has 2 aliphatic carbocycles. The Kier molecular flexibility index (Phi) is 5.20. The lowest BCUT2D eigenvalue weighted by molar-refractivity contribution is 0.361. The van der Waals surface area contributed by atoms with Gasteiger partial charge in [0.25, 0.3) is 0 Å². The molecule has 1 fully saturated rings. The molecule has 0 aromatic heterocycles. The minimum Gasteiger partial charge on any atom is -0.497 e. The summed E-state index contributed by atoms with van der Waals surface area (Å²) < 4.78 is 11.1. The lowest BCUT2D eigenvalue weighted by atomic mass is 9.67. The number of fused-ring (bicyclic) bond motifs is 3. The highest BCUT2D eigenvalue weighted by Gasteiger charge is 2.41. The van der Waals surface area contributed by atoms with Crippen molar-refractivity contribution < 1.29 is 9.47 Å². The first-order valence-electron chi connectivity index (χ1n) is 10.8. The van der Waals surface area contributed by atoms with Crippen molar-refractivity contribution in [2.24, 2.45) is 5.92 Å². The van der Waals surface area contributed by atoms with Crippen LogP contribution in [-0.2, 0) is 6.42 Å². The third-order valence-corrected chi connectivity index (χ3v) is 7.35. The van der Waals surface area contributed by atoms with E-state index >= 15 is 0 Å². The molecule has 0 radical (unpaired) electrons. The molecule has 3 atom stereocenters. The molecule has 0 amide bonds. The maximum atomic E-state index is 6.17. The molecule has 0 heterocycles. The zero-order valence-electron chi connectivity index (χ0n) is 17.5. The second-order valence-electron chi connectivity index (χ2n) is 8.53. The van der Waals surface area contributed by atoms with E-state index in [0.717, 1.165) is 22.9 Å². The minimum atomic E-state index is 0.537. The Labute approximate surface area is 183 Å². The van der Waals surface area contributed by atoms with Gasteiger partial charge in [0, 0.05) is 5.02 Å². The largest absolute Gasteiger partial charge is 0.497 e. The van der Waals surface area contributed by atoms with Crippen molar-refractivity contribution in [3.8, 4) is 22.6 Å². The van der Waals surface area contributed by atoms with E-state index in [1.165, 1.54) is 47.1 Å². The van der Waals surface area contributed by atoms with Gasteiger partial charge in [-0.1, -0.05) is 42.3 Å². The summed E-state index contributed by atoms with van der Waals surface area (Å²) in [6.07, 6.45) is 4.92. The van der Waals surface area contributed by atoms with Gasteiger partial charge in [-0.05, 0) is 101 Å². The number of rotatable bonds is 4. The highest BCUT2D eigenvalue weighted by atomic mass is 35.5. The van der Waals surface area contributed by atoms with Gasteiger partial charge in [-0.3, -0.25) is 0 Å². The molecule has 0 bridgehead atoms. The van der Waals surface area contributed by atoms with Crippen molar-refractivity contribution in [3.05, 3.63) is 82.4 Å². The SMILES string of the molecule is COc1ccc([C@@H]2Cc3c(-c4ccc(Cl)cc4)cc(OC)cc3[C@@H]3CCC[C@H]23)cc1. The molecule has 2 nitrogen and oxygen atoms in total. The predicted octanol–water partition coefficient (Wildman–Crippen LogP) is 7.25. The van der Waals surface area contributed by atoms with E-state index in [-0.39, 0.29) is 0 Å². The lowest BCUT2D eigenvalue weighted by Crippen LogP contribution is -2.25. The Balaban J connectivity index is 1.64. The molecule has 3 heteroatoms. The molecule has 30 heavy (non-hydrogen) atoms. The zero-order valence-corrected chi connectivity index (χ0v) is 18.3. The Morgan fingerprint density at radius 1 is 0.800 bits per heavy atom. The van der Waals surface area contributed by atoms with Gasteiger partial charge in [0.2, 0.25) is 0 Å². The molecule has 0 unspecified atom stereocenters. The lowest BCUT2D eigenvalue weighted by Gasteiger charge is -2.37. The van der Waals surface area contributed by atoms with Gasteiger partial charge in [0.15, 0.2) is 0 Å². The maximum absolute atomic E-state index is 6.17. The number of hydrogen-bond acceptors (Lipinski definition) is 2. The first-order valence-corrected chi connectivity index (χ1v) is 11.2. The summed E-state index contributed by atoms with van der Waals surface area (Å²) in [6, 6.07) is 21.4. The van der Waals surface area contributed by atoms with Crippen LogP contribution < -0.4 is 9.47 Å². The molecule has 0 aliphatic heterocycles. The normalized spacial score (nSPS) is 22.3. The molecule has 1 saturated carbocycles. The van der Waals surface area contributed by atoms with Gasteiger partial charge >= 0.3 is 0 Å². The molecule has 3 aromatic rings. The number of methoxy groups -OCH3 is 2. The van der Waals surface area contributed by atoms with Gasteiger partial charge < -0.3 is 9.47 Å². The summed E-state index contributed by atoms with van der Waals surface area (Å²) in [5.74, 6) is 3.70. The summed E-state index contributed by atoms with van der Waals surface area (Å²) in [7, 11) is 3.49. The van der Waals surface area contributed by atoms with E-state index in [1.54, 1.807) is 14.2 Å². The smallest absolute Gasteiger partial charge is 0.119 e. The van der Waals surface area contributed by atoms with Crippen LogP contribution >= 0.6 is 11.6 Å². The average Bonchev–Trinajstić information content (AvgIpc) is 3.29. The predicted molar refractivity (Wildman–Crippen MR) is 123 cm³/mol. The third-order valence-electron chi connectivity index (χ3n) is 7.10. The van der Waals surface area contributed by atoms with Gasteiger partial charge in [0.1, 0.15) is 11.5 Å². The molecular weight excluding hydrogens is 392 g/mol. The standard InChI is InChI=1S/C27H27ClO2/c1-29-20-12-8-18(9-13-20)25-16-27-24(17-6-10-19(28)11-7-17)14-21(30-2)15-26(27)23-5-3-4-22(23)25/h6-15,22-23,25H,3-5,16H2,1-2H3/t22-,23+,25-/m0/s1. The molecule has 3 aromatic carbocycles. The second kappa shape index (κ2) is 8.00. The van der Waals surface area contributed by atoms with Crippen molar-refractivity contribution in [3.63, 3.8) is 0 Å². The zero-order chi connectivity index (χ0) is 20.7. The van der Waals surface area contributed by atoms with Crippen LogP contribution in [0.4, 0.5) is 0 Å². The number of halogens is 1. The van der Waals surface area contributed by atoms with E-state index in [9.17, 15) is 0 Å². The molecule has 5 rings (SSSR count). The quantitative estimate of drug-likeness (QED) is 0.444. The summed E-state index contributed by atoms with van der Waals surface area (Å²) in [5.41, 5.74) is 6.88. The summed E-state index contributed by atoms with van der Waals surface area (Å²) in [5, 5.41) is 0.766. The fraction of sp³-hybridized carbons (Fsp3) is 0.333. The van der Waals surface area contributed by atoms with Gasteiger partial charge in [-0.25, -0.2) is 0 Å². The Morgan fingerprint density at radius 3 is 2.23 bits per heavy atom. The van der Waals surface area contributed by atoms with Crippen LogP contribution in [0.25, 0.3) is 11.1 Å². The van der Waals surface area contributed by atoms with Crippen LogP contribution in [0.5, 0.6) is 11.5 Å². The maximum Gasteiger partial charge on any atom is 0.119 e. The number of benzene rings is 3. The average molecular weight is 419 g/mol. The molecule has 0 spiro atoms. The fourth-order valence-corrected chi connectivity index (χ4v) is 5.80. The highest BCUT2D eigenvalue weighted by molar-refractivity contribution is 6.30. The first kappa shape index (κ1) is 19.5. The first-order chi connectivity index (χ1) is 14.7. The van der Waals surface area contributed by atoms with Crippen molar-refractivity contribution in [1.82, 2.24) is 0 Å². The van der Waals surface area contributed by atoms with Crippen molar-refractivity contribution >= 4 is 11.6 Å². The van der Waals surface area contributed by atoms with Crippen LogP contribution in [0, 0.1) is 5.92 Å². The summed E-state index contributed by atoms with van der Waals surface area (Å²) in [4.78, 5) is 0. The Morgan fingerprint density at radius 2 is 1.53 bits per heavy atom. The van der Waals surface area contributed by atoms with Gasteiger partial charge in [-0.15, -0.1) is 0 Å². The van der Waals surface area contributed by atoms with Crippen LogP contribution in [0.3, 0.4) is 0 Å². The molecule has 2 aliphatic rings.